The quantitative estimate of drug-likeness (QED) is 0.375. The number of furan rings is 1. The summed E-state index contributed by atoms with van der Waals surface area (Å²) in [5.41, 5.74) is 5.70. The highest BCUT2D eigenvalue weighted by Crippen LogP contribution is 2.25. The number of carbonyl (C=O) groups is 1. The maximum atomic E-state index is 11.8. The highest BCUT2D eigenvalue weighted by atomic mass is 127. The first-order valence-electron chi connectivity index (χ1n) is 7.00. The largest absolute Gasteiger partial charge is 0.497 e. The molecule has 0 atom stereocenters. The van der Waals surface area contributed by atoms with Crippen LogP contribution >= 0.6 is 22.6 Å². The molecule has 1 aromatic heterocycles. The van der Waals surface area contributed by atoms with Gasteiger partial charge in [0.15, 0.2) is 6.61 Å². The summed E-state index contributed by atoms with van der Waals surface area (Å²) >= 11 is 2.12. The molecule has 0 aliphatic heterocycles. The molecular formula is C17H17IN2O4. The molecule has 0 saturated carbocycles. The second-order valence-electron chi connectivity index (χ2n) is 4.63. The van der Waals surface area contributed by atoms with Crippen molar-refractivity contribution in [3.05, 3.63) is 64.3 Å². The van der Waals surface area contributed by atoms with Gasteiger partial charge in [-0.25, -0.2) is 0 Å². The third-order valence-electron chi connectivity index (χ3n) is 2.85. The predicted octanol–water partition coefficient (Wildman–Crippen LogP) is 3.12. The second kappa shape index (κ2) is 9.02. The molecule has 24 heavy (non-hydrogen) atoms. The molecule has 2 N–H and O–H groups in total. The molecule has 6 nitrogen and oxygen atoms in total. The van der Waals surface area contributed by atoms with Crippen LogP contribution in [-0.4, -0.2) is 19.6 Å². The van der Waals surface area contributed by atoms with E-state index in [1.54, 1.807) is 43.7 Å². The summed E-state index contributed by atoms with van der Waals surface area (Å²) in [4.78, 5) is 11.8. The Morgan fingerprint density at radius 1 is 1.38 bits per heavy atom. The number of amides is 1. The van der Waals surface area contributed by atoms with Gasteiger partial charge in [0.25, 0.3) is 5.91 Å². The average molecular weight is 440 g/mol. The van der Waals surface area contributed by atoms with Crippen molar-refractivity contribution in [3.63, 3.8) is 0 Å². The van der Waals surface area contributed by atoms with E-state index in [4.69, 9.17) is 13.9 Å². The van der Waals surface area contributed by atoms with E-state index in [-0.39, 0.29) is 12.5 Å². The minimum atomic E-state index is -0.325. The van der Waals surface area contributed by atoms with Crippen LogP contribution in [0, 0.1) is 3.57 Å². The van der Waals surface area contributed by atoms with Crippen LogP contribution in [0.1, 0.15) is 5.76 Å². The normalized spacial score (nSPS) is 10.4. The third kappa shape index (κ3) is 5.65. The van der Waals surface area contributed by atoms with Gasteiger partial charge in [0.1, 0.15) is 17.3 Å². The van der Waals surface area contributed by atoms with Crippen LogP contribution in [0.2, 0.25) is 0 Å². The molecule has 2 aromatic rings. The fourth-order valence-corrected chi connectivity index (χ4v) is 2.31. The lowest BCUT2D eigenvalue weighted by Crippen LogP contribution is -2.39. The molecule has 1 heterocycles. The SMILES string of the molecule is C=C(C=Cc1ccco1)NNC(=O)COc1ccc(OC)cc1I. The van der Waals surface area contributed by atoms with Gasteiger partial charge >= 0.3 is 0 Å². The second-order valence-corrected chi connectivity index (χ2v) is 5.79. The summed E-state index contributed by atoms with van der Waals surface area (Å²) < 4.78 is 16.6. The molecule has 0 unspecified atom stereocenters. The first-order valence-corrected chi connectivity index (χ1v) is 8.08. The molecule has 0 bridgehead atoms. The maximum Gasteiger partial charge on any atom is 0.276 e. The first-order chi connectivity index (χ1) is 11.6. The van der Waals surface area contributed by atoms with E-state index in [2.05, 4.69) is 40.0 Å². The summed E-state index contributed by atoms with van der Waals surface area (Å²) in [6, 6.07) is 8.96. The summed E-state index contributed by atoms with van der Waals surface area (Å²) in [5.74, 6) is 1.72. The zero-order chi connectivity index (χ0) is 17.4. The molecule has 1 amide bonds. The van der Waals surface area contributed by atoms with Crippen molar-refractivity contribution in [2.24, 2.45) is 0 Å². The minimum absolute atomic E-state index is 0.121. The van der Waals surface area contributed by atoms with Gasteiger partial charge < -0.3 is 13.9 Å². The number of carbonyl (C=O) groups excluding carboxylic acids is 1. The van der Waals surface area contributed by atoms with Gasteiger partial charge in [0, 0.05) is 5.70 Å². The van der Waals surface area contributed by atoms with E-state index >= 15 is 0 Å². The minimum Gasteiger partial charge on any atom is -0.497 e. The number of nitrogens with one attached hydrogen (secondary N) is 2. The van der Waals surface area contributed by atoms with Gasteiger partial charge in [-0.15, -0.1) is 0 Å². The smallest absolute Gasteiger partial charge is 0.276 e. The van der Waals surface area contributed by atoms with E-state index in [0.29, 0.717) is 17.2 Å². The van der Waals surface area contributed by atoms with Crippen molar-refractivity contribution in [2.75, 3.05) is 13.7 Å². The molecule has 7 heteroatoms. The zero-order valence-corrected chi connectivity index (χ0v) is 15.2. The number of hydrazine groups is 1. The standard InChI is InChI=1S/C17H17IN2O4/c1-12(5-6-13-4-3-9-23-13)19-20-17(21)11-24-16-8-7-14(22-2)10-15(16)18/h3-10,19H,1,11H2,2H3,(H,20,21). The Kier molecular flexibility index (Phi) is 6.74. The van der Waals surface area contributed by atoms with Gasteiger partial charge in [-0.1, -0.05) is 6.58 Å². The number of ether oxygens (including phenoxy) is 2. The van der Waals surface area contributed by atoms with Crippen LogP contribution in [0.15, 0.2) is 59.4 Å². The van der Waals surface area contributed by atoms with Gasteiger partial charge in [-0.05, 0) is 65.1 Å². The molecule has 0 aliphatic rings. The van der Waals surface area contributed by atoms with Crippen LogP contribution in [0.3, 0.4) is 0 Å². The van der Waals surface area contributed by atoms with E-state index in [0.717, 1.165) is 9.32 Å². The average Bonchev–Trinajstić information content (AvgIpc) is 3.10. The fraction of sp³-hybridized carbons (Fsp3) is 0.118. The molecule has 2 rings (SSSR count). The summed E-state index contributed by atoms with van der Waals surface area (Å²) in [6.45, 7) is 3.65. The Balaban J connectivity index is 1.74. The summed E-state index contributed by atoms with van der Waals surface area (Å²) in [5, 5.41) is 0. The van der Waals surface area contributed by atoms with Gasteiger partial charge in [0.05, 0.1) is 16.9 Å². The number of halogens is 1. The Bertz CT molecular complexity index is 726. The number of benzene rings is 1. The number of rotatable bonds is 8. The van der Waals surface area contributed by atoms with Crippen LogP contribution < -0.4 is 20.3 Å². The number of allylic oxidation sites excluding steroid dienone is 1. The lowest BCUT2D eigenvalue weighted by Gasteiger charge is -2.11. The fourth-order valence-electron chi connectivity index (χ4n) is 1.67. The maximum absolute atomic E-state index is 11.8. The van der Waals surface area contributed by atoms with Crippen molar-refractivity contribution in [3.8, 4) is 11.5 Å². The van der Waals surface area contributed by atoms with Crippen molar-refractivity contribution < 1.29 is 18.7 Å². The van der Waals surface area contributed by atoms with Crippen LogP contribution in [0.5, 0.6) is 11.5 Å². The molecule has 0 saturated heterocycles. The molecule has 1 aromatic carbocycles. The molecule has 0 aliphatic carbocycles. The summed E-state index contributed by atoms with van der Waals surface area (Å²) in [6.07, 6.45) is 5.00. The van der Waals surface area contributed by atoms with Crippen LogP contribution in [-0.2, 0) is 4.79 Å². The molecule has 0 spiro atoms. The van der Waals surface area contributed by atoms with Crippen molar-refractivity contribution in [2.45, 2.75) is 0 Å². The van der Waals surface area contributed by atoms with E-state index < -0.39 is 0 Å². The van der Waals surface area contributed by atoms with Crippen LogP contribution in [0.25, 0.3) is 6.08 Å². The van der Waals surface area contributed by atoms with Gasteiger partial charge in [-0.3, -0.25) is 15.6 Å². The number of hydrogen-bond donors (Lipinski definition) is 2. The van der Waals surface area contributed by atoms with E-state index in [9.17, 15) is 4.79 Å². The van der Waals surface area contributed by atoms with Gasteiger partial charge in [0.2, 0.25) is 0 Å². The van der Waals surface area contributed by atoms with E-state index in [1.165, 1.54) is 0 Å². The summed E-state index contributed by atoms with van der Waals surface area (Å²) in [7, 11) is 1.60. The Labute approximate surface area is 153 Å². The Hall–Kier alpha value is -2.42. The van der Waals surface area contributed by atoms with E-state index in [1.807, 2.05) is 12.1 Å². The third-order valence-corrected chi connectivity index (χ3v) is 3.70. The lowest BCUT2D eigenvalue weighted by atomic mass is 10.3. The monoisotopic (exact) mass is 440 g/mol. The predicted molar refractivity (Wildman–Crippen MR) is 99.4 cm³/mol. The number of hydrogen-bond acceptors (Lipinski definition) is 5. The topological polar surface area (TPSA) is 72.7 Å². The van der Waals surface area contributed by atoms with Crippen molar-refractivity contribution in [1.82, 2.24) is 10.9 Å². The molecule has 126 valence electrons. The molecule has 0 radical (unpaired) electrons. The van der Waals surface area contributed by atoms with Crippen molar-refractivity contribution in [1.29, 1.82) is 0 Å². The molecular weight excluding hydrogens is 423 g/mol. The molecule has 0 fully saturated rings. The van der Waals surface area contributed by atoms with Gasteiger partial charge in [-0.2, -0.15) is 0 Å². The lowest BCUT2D eigenvalue weighted by molar-refractivity contribution is -0.123. The number of methoxy groups -OCH3 is 1. The highest BCUT2D eigenvalue weighted by molar-refractivity contribution is 14.1. The Morgan fingerprint density at radius 2 is 2.21 bits per heavy atom. The first kappa shape index (κ1) is 17.9. The van der Waals surface area contributed by atoms with Crippen LogP contribution in [0.4, 0.5) is 0 Å². The zero-order valence-electron chi connectivity index (χ0n) is 13.0. The Morgan fingerprint density at radius 3 is 2.88 bits per heavy atom. The van der Waals surface area contributed by atoms with Crippen molar-refractivity contribution >= 4 is 34.6 Å². The highest BCUT2D eigenvalue weighted by Gasteiger charge is 2.06.